The molecule has 0 saturated carbocycles. The highest BCUT2D eigenvalue weighted by Gasteiger charge is 2.30. The number of ether oxygens (including phenoxy) is 1. The minimum atomic E-state index is -3.12. The lowest BCUT2D eigenvalue weighted by molar-refractivity contribution is 0.162. The molecule has 0 bridgehead atoms. The first-order chi connectivity index (χ1) is 7.60. The molecule has 1 saturated heterocycles. The first-order valence-electron chi connectivity index (χ1n) is 5.85. The topological polar surface area (TPSA) is 72.6 Å². The predicted molar refractivity (Wildman–Crippen MR) is 63.6 cm³/mol. The Kier molecular flexibility index (Phi) is 5.68. The van der Waals surface area contributed by atoms with Gasteiger partial charge in [-0.1, -0.05) is 0 Å². The lowest BCUT2D eigenvalue weighted by Crippen LogP contribution is -2.32. The van der Waals surface area contributed by atoms with Crippen molar-refractivity contribution in [1.82, 2.24) is 4.31 Å². The lowest BCUT2D eigenvalue weighted by atomic mass is 10.1. The van der Waals surface area contributed by atoms with Crippen molar-refractivity contribution in [2.24, 2.45) is 11.7 Å². The van der Waals surface area contributed by atoms with Gasteiger partial charge in [0.2, 0.25) is 10.0 Å². The van der Waals surface area contributed by atoms with Crippen LogP contribution in [0.15, 0.2) is 0 Å². The molecule has 1 rings (SSSR count). The number of hydrogen-bond donors (Lipinski definition) is 1. The Morgan fingerprint density at radius 2 is 2.25 bits per heavy atom. The highest BCUT2D eigenvalue weighted by atomic mass is 32.2. The van der Waals surface area contributed by atoms with Gasteiger partial charge in [-0.2, -0.15) is 0 Å². The van der Waals surface area contributed by atoms with Crippen LogP contribution in [0.25, 0.3) is 0 Å². The Morgan fingerprint density at radius 3 is 2.88 bits per heavy atom. The third-order valence-corrected chi connectivity index (χ3v) is 4.71. The zero-order valence-corrected chi connectivity index (χ0v) is 10.7. The third kappa shape index (κ3) is 4.01. The molecule has 1 aliphatic heterocycles. The van der Waals surface area contributed by atoms with Gasteiger partial charge in [0, 0.05) is 19.7 Å². The van der Waals surface area contributed by atoms with Crippen molar-refractivity contribution in [2.45, 2.75) is 19.8 Å². The van der Waals surface area contributed by atoms with Crippen LogP contribution in [0.3, 0.4) is 0 Å². The Morgan fingerprint density at radius 1 is 1.50 bits per heavy atom. The summed E-state index contributed by atoms with van der Waals surface area (Å²) in [6.45, 7) is 4.62. The van der Waals surface area contributed by atoms with E-state index in [9.17, 15) is 8.42 Å². The fourth-order valence-electron chi connectivity index (χ4n) is 1.96. The fraction of sp³-hybridized carbons (Fsp3) is 1.00. The molecule has 0 aromatic rings. The van der Waals surface area contributed by atoms with Gasteiger partial charge in [0.15, 0.2) is 0 Å². The van der Waals surface area contributed by atoms with Crippen molar-refractivity contribution < 1.29 is 13.2 Å². The number of sulfonamides is 1. The number of rotatable bonds is 7. The smallest absolute Gasteiger partial charge is 0.216 e. The maximum absolute atomic E-state index is 11.9. The summed E-state index contributed by atoms with van der Waals surface area (Å²) in [5.41, 5.74) is 5.47. The minimum Gasteiger partial charge on any atom is -0.381 e. The molecule has 1 fully saturated rings. The van der Waals surface area contributed by atoms with Gasteiger partial charge in [-0.3, -0.25) is 0 Å². The van der Waals surface area contributed by atoms with Crippen LogP contribution in [0.2, 0.25) is 0 Å². The van der Waals surface area contributed by atoms with E-state index in [1.807, 2.05) is 6.92 Å². The number of nitrogens with zero attached hydrogens (tertiary/aromatic N) is 1. The first kappa shape index (κ1) is 13.9. The number of nitrogens with two attached hydrogens (primary N) is 1. The van der Waals surface area contributed by atoms with Gasteiger partial charge < -0.3 is 10.5 Å². The molecule has 16 heavy (non-hydrogen) atoms. The summed E-state index contributed by atoms with van der Waals surface area (Å²) in [6, 6.07) is 0. The molecule has 0 aliphatic carbocycles. The molecule has 5 nitrogen and oxygen atoms in total. The molecule has 0 spiro atoms. The molecule has 0 aromatic heterocycles. The Labute approximate surface area is 98.0 Å². The predicted octanol–water partition coefficient (Wildman–Crippen LogP) is 0.0234. The van der Waals surface area contributed by atoms with Gasteiger partial charge in [0.1, 0.15) is 0 Å². The minimum absolute atomic E-state index is 0.0934. The normalized spacial score (nSPS) is 22.8. The molecular formula is C10H22N2O3S. The lowest BCUT2D eigenvalue weighted by Gasteiger charge is -2.16. The maximum atomic E-state index is 11.9. The van der Waals surface area contributed by atoms with Crippen LogP contribution in [0.1, 0.15) is 19.8 Å². The summed E-state index contributed by atoms with van der Waals surface area (Å²) in [5, 5.41) is 0. The zero-order valence-electron chi connectivity index (χ0n) is 9.89. The highest BCUT2D eigenvalue weighted by molar-refractivity contribution is 7.89. The van der Waals surface area contributed by atoms with E-state index in [0.717, 1.165) is 12.8 Å². The van der Waals surface area contributed by atoms with Crippen LogP contribution in [0.4, 0.5) is 0 Å². The average Bonchev–Trinajstić information content (AvgIpc) is 2.68. The van der Waals surface area contributed by atoms with E-state index in [-0.39, 0.29) is 12.4 Å². The van der Waals surface area contributed by atoms with Gasteiger partial charge in [0.25, 0.3) is 0 Å². The molecule has 2 N–H and O–H groups in total. The second-order valence-corrected chi connectivity index (χ2v) is 6.19. The number of hydrogen-bond acceptors (Lipinski definition) is 4. The van der Waals surface area contributed by atoms with Crippen LogP contribution < -0.4 is 5.73 Å². The average molecular weight is 250 g/mol. The van der Waals surface area contributed by atoms with Crippen molar-refractivity contribution in [3.05, 3.63) is 0 Å². The summed E-state index contributed by atoms with van der Waals surface area (Å²) in [6.07, 6.45) is 1.85. The summed E-state index contributed by atoms with van der Waals surface area (Å²) >= 11 is 0. The quantitative estimate of drug-likeness (QED) is 0.647. The molecule has 0 aromatic carbocycles. The molecule has 1 heterocycles. The maximum Gasteiger partial charge on any atom is 0.216 e. The van der Waals surface area contributed by atoms with E-state index >= 15 is 0 Å². The van der Waals surface area contributed by atoms with Crippen LogP contribution in [0.5, 0.6) is 0 Å². The third-order valence-electron chi connectivity index (χ3n) is 2.91. The van der Waals surface area contributed by atoms with Gasteiger partial charge in [0.05, 0.1) is 12.4 Å². The van der Waals surface area contributed by atoms with Crippen LogP contribution in [-0.4, -0.2) is 51.3 Å². The SMILES string of the molecule is CCOCCS(=O)(=O)N1CCC(CCN)C1. The van der Waals surface area contributed by atoms with E-state index < -0.39 is 10.0 Å². The van der Waals surface area contributed by atoms with Crippen molar-refractivity contribution in [3.8, 4) is 0 Å². The van der Waals surface area contributed by atoms with Gasteiger partial charge in [-0.05, 0) is 32.2 Å². The summed E-state index contributed by atoms with van der Waals surface area (Å²) in [7, 11) is -3.12. The van der Waals surface area contributed by atoms with E-state index in [1.165, 1.54) is 0 Å². The van der Waals surface area contributed by atoms with Crippen molar-refractivity contribution in [2.75, 3.05) is 38.6 Å². The Balaban J connectivity index is 2.39. The van der Waals surface area contributed by atoms with Crippen molar-refractivity contribution >= 4 is 10.0 Å². The van der Waals surface area contributed by atoms with E-state index in [0.29, 0.717) is 32.2 Å². The van der Waals surface area contributed by atoms with Crippen LogP contribution >= 0.6 is 0 Å². The van der Waals surface area contributed by atoms with Gasteiger partial charge in [-0.25, -0.2) is 12.7 Å². The van der Waals surface area contributed by atoms with Crippen molar-refractivity contribution in [3.63, 3.8) is 0 Å². The fourth-order valence-corrected chi connectivity index (χ4v) is 3.37. The van der Waals surface area contributed by atoms with E-state index in [4.69, 9.17) is 10.5 Å². The molecule has 1 atom stereocenters. The van der Waals surface area contributed by atoms with E-state index in [1.54, 1.807) is 4.31 Å². The van der Waals surface area contributed by atoms with E-state index in [2.05, 4.69) is 0 Å². The molecule has 1 unspecified atom stereocenters. The molecule has 1 aliphatic rings. The Bertz CT molecular complexity index is 292. The standard InChI is InChI=1S/C10H22N2O3S/c1-2-15-7-8-16(13,14)12-6-4-10(9-12)3-5-11/h10H,2-9,11H2,1H3. The van der Waals surface area contributed by atoms with Crippen LogP contribution in [0, 0.1) is 5.92 Å². The molecule has 96 valence electrons. The van der Waals surface area contributed by atoms with Gasteiger partial charge >= 0.3 is 0 Å². The largest absolute Gasteiger partial charge is 0.381 e. The second-order valence-electron chi connectivity index (χ2n) is 4.10. The molecular weight excluding hydrogens is 228 g/mol. The summed E-state index contributed by atoms with van der Waals surface area (Å²) < 4.78 is 30.4. The first-order valence-corrected chi connectivity index (χ1v) is 7.46. The Hall–Kier alpha value is -0.170. The molecule has 0 radical (unpaired) electrons. The molecule has 0 amide bonds. The highest BCUT2D eigenvalue weighted by Crippen LogP contribution is 2.21. The zero-order chi connectivity index (χ0) is 12.0. The van der Waals surface area contributed by atoms with Gasteiger partial charge in [-0.15, -0.1) is 0 Å². The molecule has 6 heteroatoms. The summed E-state index contributed by atoms with van der Waals surface area (Å²) in [5.74, 6) is 0.530. The second kappa shape index (κ2) is 6.54. The summed E-state index contributed by atoms with van der Waals surface area (Å²) in [4.78, 5) is 0. The monoisotopic (exact) mass is 250 g/mol. The van der Waals surface area contributed by atoms with Crippen LogP contribution in [-0.2, 0) is 14.8 Å². The van der Waals surface area contributed by atoms with Crippen molar-refractivity contribution in [1.29, 1.82) is 0 Å².